The fourth-order valence-electron chi connectivity index (χ4n) is 2.03. The van der Waals surface area contributed by atoms with Gasteiger partial charge in [0.1, 0.15) is 6.29 Å². The predicted molar refractivity (Wildman–Crippen MR) is 101 cm³/mol. The quantitative estimate of drug-likeness (QED) is 0.526. The molecule has 0 aliphatic carbocycles. The Hall–Kier alpha value is -2.09. The Morgan fingerprint density at radius 3 is 2.54 bits per heavy atom. The summed E-state index contributed by atoms with van der Waals surface area (Å²) in [5.74, 6) is 0.647. The van der Waals surface area contributed by atoms with Crippen LogP contribution in [0.25, 0.3) is 0 Å². The summed E-state index contributed by atoms with van der Waals surface area (Å²) in [6.07, 6.45) is 0.749. The Labute approximate surface area is 154 Å². The lowest BCUT2D eigenvalue weighted by Gasteiger charge is -2.14. The number of anilines is 1. The SMILES string of the molecule is CCOc1cc(C=O)cc(I)c1OCC(=O)Nc1ccc(C)cc1. The molecule has 0 spiro atoms. The number of benzene rings is 2. The first-order valence-electron chi connectivity index (χ1n) is 7.44. The van der Waals surface area contributed by atoms with Gasteiger partial charge in [0.25, 0.3) is 5.91 Å². The zero-order valence-corrected chi connectivity index (χ0v) is 15.6. The molecule has 0 unspecified atom stereocenters. The highest BCUT2D eigenvalue weighted by molar-refractivity contribution is 14.1. The second kappa shape index (κ2) is 8.68. The minimum Gasteiger partial charge on any atom is -0.490 e. The maximum atomic E-state index is 12.0. The molecule has 0 aliphatic rings. The van der Waals surface area contributed by atoms with Crippen molar-refractivity contribution in [1.82, 2.24) is 0 Å². The van der Waals surface area contributed by atoms with Crippen molar-refractivity contribution in [2.24, 2.45) is 0 Å². The van der Waals surface area contributed by atoms with E-state index in [0.29, 0.717) is 32.9 Å². The second-order valence-corrected chi connectivity index (χ2v) is 6.25. The third kappa shape index (κ3) is 4.95. The predicted octanol–water partition coefficient (Wildman–Crippen LogP) is 3.83. The lowest BCUT2D eigenvalue weighted by Crippen LogP contribution is -2.20. The summed E-state index contributed by atoms with van der Waals surface area (Å²) in [6, 6.07) is 10.8. The number of nitrogens with one attached hydrogen (secondary N) is 1. The van der Waals surface area contributed by atoms with E-state index in [1.807, 2.05) is 38.1 Å². The van der Waals surface area contributed by atoms with E-state index in [1.165, 1.54) is 0 Å². The number of aldehydes is 1. The van der Waals surface area contributed by atoms with Gasteiger partial charge in [-0.15, -0.1) is 0 Å². The van der Waals surface area contributed by atoms with Gasteiger partial charge in [-0.1, -0.05) is 17.7 Å². The molecular weight excluding hydrogens is 421 g/mol. The summed E-state index contributed by atoms with van der Waals surface area (Å²) in [5, 5.41) is 2.77. The van der Waals surface area contributed by atoms with E-state index in [2.05, 4.69) is 27.9 Å². The zero-order valence-electron chi connectivity index (χ0n) is 13.5. The van der Waals surface area contributed by atoms with E-state index in [9.17, 15) is 9.59 Å². The first-order valence-corrected chi connectivity index (χ1v) is 8.52. The number of hydrogen-bond donors (Lipinski definition) is 1. The molecule has 0 heterocycles. The molecule has 5 nitrogen and oxygen atoms in total. The van der Waals surface area contributed by atoms with Gasteiger partial charge in [0.05, 0.1) is 10.2 Å². The Bertz CT molecular complexity index is 729. The first-order chi connectivity index (χ1) is 11.5. The molecule has 1 N–H and O–H groups in total. The standard InChI is InChI=1S/C18H18INO4/c1-3-23-16-9-13(10-21)8-15(19)18(16)24-11-17(22)20-14-6-4-12(2)5-7-14/h4-10H,3,11H2,1-2H3,(H,20,22). The molecule has 24 heavy (non-hydrogen) atoms. The monoisotopic (exact) mass is 439 g/mol. The van der Waals surface area contributed by atoms with Crippen LogP contribution < -0.4 is 14.8 Å². The molecule has 2 aromatic carbocycles. The van der Waals surface area contributed by atoms with E-state index >= 15 is 0 Å². The summed E-state index contributed by atoms with van der Waals surface area (Å²) >= 11 is 2.05. The molecular formula is C18H18INO4. The fraction of sp³-hybridized carbons (Fsp3) is 0.222. The third-order valence-corrected chi connectivity index (χ3v) is 3.95. The van der Waals surface area contributed by atoms with Crippen molar-refractivity contribution in [3.05, 3.63) is 51.1 Å². The lowest BCUT2D eigenvalue weighted by atomic mass is 10.2. The molecule has 1 amide bonds. The van der Waals surface area contributed by atoms with Crippen molar-refractivity contribution in [1.29, 1.82) is 0 Å². The van der Waals surface area contributed by atoms with Crippen LogP contribution in [0.2, 0.25) is 0 Å². The average molecular weight is 439 g/mol. The molecule has 0 atom stereocenters. The average Bonchev–Trinajstić information content (AvgIpc) is 2.56. The second-order valence-electron chi connectivity index (χ2n) is 5.08. The number of ether oxygens (including phenoxy) is 2. The maximum Gasteiger partial charge on any atom is 0.262 e. The summed E-state index contributed by atoms with van der Waals surface area (Å²) in [6.45, 7) is 4.11. The van der Waals surface area contributed by atoms with Crippen molar-refractivity contribution >= 4 is 40.5 Å². The summed E-state index contributed by atoms with van der Waals surface area (Å²) in [5.41, 5.74) is 2.33. The van der Waals surface area contributed by atoms with Crippen LogP contribution in [0.15, 0.2) is 36.4 Å². The zero-order chi connectivity index (χ0) is 17.5. The smallest absolute Gasteiger partial charge is 0.262 e. The van der Waals surface area contributed by atoms with Gasteiger partial charge in [-0.25, -0.2) is 0 Å². The van der Waals surface area contributed by atoms with Crippen LogP contribution in [0.3, 0.4) is 0 Å². The summed E-state index contributed by atoms with van der Waals surface area (Å²) in [4.78, 5) is 23.0. The number of rotatable bonds is 7. The van der Waals surface area contributed by atoms with Gasteiger partial charge >= 0.3 is 0 Å². The number of halogens is 1. The molecule has 0 saturated carbocycles. The van der Waals surface area contributed by atoms with Crippen molar-refractivity contribution in [2.45, 2.75) is 13.8 Å². The van der Waals surface area contributed by atoms with E-state index in [-0.39, 0.29) is 12.5 Å². The van der Waals surface area contributed by atoms with Crippen LogP contribution in [0, 0.1) is 10.5 Å². The Morgan fingerprint density at radius 2 is 1.92 bits per heavy atom. The van der Waals surface area contributed by atoms with Gasteiger partial charge in [0.2, 0.25) is 0 Å². The Balaban J connectivity index is 2.06. The van der Waals surface area contributed by atoms with Gasteiger partial charge in [-0.2, -0.15) is 0 Å². The van der Waals surface area contributed by atoms with E-state index < -0.39 is 0 Å². The van der Waals surface area contributed by atoms with E-state index in [0.717, 1.165) is 11.8 Å². The van der Waals surface area contributed by atoms with Crippen molar-refractivity contribution < 1.29 is 19.1 Å². The van der Waals surface area contributed by atoms with Crippen LogP contribution in [-0.4, -0.2) is 25.4 Å². The normalized spacial score (nSPS) is 10.1. The van der Waals surface area contributed by atoms with Gasteiger partial charge < -0.3 is 14.8 Å². The maximum absolute atomic E-state index is 12.0. The molecule has 2 rings (SSSR count). The minimum atomic E-state index is -0.267. The summed E-state index contributed by atoms with van der Waals surface area (Å²) < 4.78 is 11.8. The molecule has 0 radical (unpaired) electrons. The van der Waals surface area contributed by atoms with Crippen LogP contribution in [-0.2, 0) is 4.79 Å². The number of aryl methyl sites for hydroxylation is 1. The van der Waals surface area contributed by atoms with Crippen LogP contribution in [0.1, 0.15) is 22.8 Å². The molecule has 0 saturated heterocycles. The molecule has 6 heteroatoms. The van der Waals surface area contributed by atoms with Crippen molar-refractivity contribution in [3.8, 4) is 11.5 Å². The molecule has 2 aromatic rings. The van der Waals surface area contributed by atoms with Gasteiger partial charge in [-0.05, 0) is 60.7 Å². The van der Waals surface area contributed by atoms with Gasteiger partial charge in [0.15, 0.2) is 18.1 Å². The molecule has 0 aliphatic heterocycles. The Morgan fingerprint density at radius 1 is 1.21 bits per heavy atom. The van der Waals surface area contributed by atoms with E-state index in [4.69, 9.17) is 9.47 Å². The van der Waals surface area contributed by atoms with Crippen LogP contribution >= 0.6 is 22.6 Å². The Kier molecular flexibility index (Phi) is 6.60. The van der Waals surface area contributed by atoms with Crippen molar-refractivity contribution in [2.75, 3.05) is 18.5 Å². The molecule has 0 fully saturated rings. The summed E-state index contributed by atoms with van der Waals surface area (Å²) in [7, 11) is 0. The number of carbonyl (C=O) groups is 2. The topological polar surface area (TPSA) is 64.6 Å². The largest absolute Gasteiger partial charge is 0.490 e. The number of amides is 1. The van der Waals surface area contributed by atoms with Crippen LogP contribution in [0.4, 0.5) is 5.69 Å². The van der Waals surface area contributed by atoms with Gasteiger partial charge in [-0.3, -0.25) is 9.59 Å². The fourth-order valence-corrected chi connectivity index (χ4v) is 2.81. The molecule has 126 valence electrons. The van der Waals surface area contributed by atoms with Gasteiger partial charge in [0, 0.05) is 11.3 Å². The van der Waals surface area contributed by atoms with Crippen molar-refractivity contribution in [3.63, 3.8) is 0 Å². The third-order valence-electron chi connectivity index (χ3n) is 3.15. The molecule has 0 bridgehead atoms. The highest BCUT2D eigenvalue weighted by atomic mass is 127. The minimum absolute atomic E-state index is 0.148. The number of carbonyl (C=O) groups excluding carboxylic acids is 2. The van der Waals surface area contributed by atoms with E-state index in [1.54, 1.807) is 12.1 Å². The highest BCUT2D eigenvalue weighted by Gasteiger charge is 2.14. The molecule has 0 aromatic heterocycles. The first kappa shape index (κ1) is 18.3. The van der Waals surface area contributed by atoms with Crippen LogP contribution in [0.5, 0.6) is 11.5 Å². The highest BCUT2D eigenvalue weighted by Crippen LogP contribution is 2.33. The number of hydrogen-bond acceptors (Lipinski definition) is 4. The lowest BCUT2D eigenvalue weighted by molar-refractivity contribution is -0.118.